The van der Waals surface area contributed by atoms with Crippen molar-refractivity contribution in [2.24, 2.45) is 0 Å². The Morgan fingerprint density at radius 2 is 1.97 bits per heavy atom. The van der Waals surface area contributed by atoms with Gasteiger partial charge in [-0.15, -0.1) is 5.10 Å². The van der Waals surface area contributed by atoms with Gasteiger partial charge in [-0.25, -0.2) is 4.79 Å². The molecule has 8 heteroatoms. The van der Waals surface area contributed by atoms with Gasteiger partial charge in [0.2, 0.25) is 5.91 Å². The summed E-state index contributed by atoms with van der Waals surface area (Å²) in [5.41, 5.74) is 1.89. The monoisotopic (exact) mass is 396 g/mol. The molecule has 2 heterocycles. The third-order valence-electron chi connectivity index (χ3n) is 4.91. The number of nitrogens with one attached hydrogen (secondary N) is 3. The van der Waals surface area contributed by atoms with E-state index in [9.17, 15) is 9.59 Å². The number of amides is 3. The van der Waals surface area contributed by atoms with Gasteiger partial charge in [0, 0.05) is 25.7 Å². The normalized spacial score (nSPS) is 17.3. The number of aryl methyl sites for hydroxylation is 1. The predicted octanol–water partition coefficient (Wildman–Crippen LogP) is 1.76. The lowest BCUT2D eigenvalue weighted by Gasteiger charge is -2.33. The Kier molecular flexibility index (Phi) is 6.99. The van der Waals surface area contributed by atoms with E-state index in [1.165, 1.54) is 0 Å². The van der Waals surface area contributed by atoms with Crippen LogP contribution < -0.4 is 20.9 Å². The van der Waals surface area contributed by atoms with Gasteiger partial charge in [-0.1, -0.05) is 30.3 Å². The molecule has 1 fully saturated rings. The van der Waals surface area contributed by atoms with Crippen LogP contribution in [0.4, 0.5) is 10.6 Å². The lowest BCUT2D eigenvalue weighted by Crippen LogP contribution is -2.54. The van der Waals surface area contributed by atoms with Gasteiger partial charge in [-0.05, 0) is 44.4 Å². The number of aromatic nitrogens is 2. The number of rotatable bonds is 6. The van der Waals surface area contributed by atoms with Crippen LogP contribution in [0.25, 0.3) is 0 Å². The lowest BCUT2D eigenvalue weighted by molar-refractivity contribution is -0.122. The maximum atomic E-state index is 12.3. The second kappa shape index (κ2) is 9.86. The highest BCUT2D eigenvalue weighted by Gasteiger charge is 2.24. The van der Waals surface area contributed by atoms with Crippen molar-refractivity contribution in [3.05, 3.63) is 53.7 Å². The van der Waals surface area contributed by atoms with Crippen molar-refractivity contribution in [2.75, 3.05) is 18.0 Å². The molecule has 0 bridgehead atoms. The maximum Gasteiger partial charge on any atom is 0.315 e. The summed E-state index contributed by atoms with van der Waals surface area (Å²) in [6.45, 7) is 5.56. The zero-order valence-corrected chi connectivity index (χ0v) is 16.9. The van der Waals surface area contributed by atoms with Crippen LogP contribution in [0, 0.1) is 6.92 Å². The smallest absolute Gasteiger partial charge is 0.315 e. The molecule has 1 aliphatic heterocycles. The summed E-state index contributed by atoms with van der Waals surface area (Å²) in [4.78, 5) is 26.7. The summed E-state index contributed by atoms with van der Waals surface area (Å²) in [6, 6.07) is 12.6. The van der Waals surface area contributed by atoms with Crippen LogP contribution in [0.3, 0.4) is 0 Å². The molecular weight excluding hydrogens is 368 g/mol. The molecule has 0 saturated carbocycles. The largest absolute Gasteiger partial charge is 0.353 e. The van der Waals surface area contributed by atoms with Crippen LogP contribution >= 0.6 is 0 Å². The molecule has 2 aromatic rings. The van der Waals surface area contributed by atoms with E-state index in [1.807, 2.05) is 49.4 Å². The molecule has 1 saturated heterocycles. The molecule has 2 unspecified atom stereocenters. The van der Waals surface area contributed by atoms with E-state index in [-0.39, 0.29) is 18.0 Å². The third kappa shape index (κ3) is 6.17. The standard InChI is InChI=1S/C21H28N6O2/c1-15-10-11-19(26-25-15)27-12-6-9-18(14-27)24-21(29)23-16(2)20(28)22-13-17-7-4-3-5-8-17/h3-5,7-8,10-11,16,18H,6,9,12-14H2,1-2H3,(H,22,28)(H2,23,24,29). The lowest BCUT2D eigenvalue weighted by atomic mass is 10.1. The van der Waals surface area contributed by atoms with E-state index >= 15 is 0 Å². The van der Waals surface area contributed by atoms with Crippen LogP contribution in [0.15, 0.2) is 42.5 Å². The first-order valence-electron chi connectivity index (χ1n) is 9.95. The molecule has 0 radical (unpaired) electrons. The van der Waals surface area contributed by atoms with Gasteiger partial charge in [-0.2, -0.15) is 5.10 Å². The molecule has 8 nitrogen and oxygen atoms in total. The number of piperidine rings is 1. The average molecular weight is 396 g/mol. The van der Waals surface area contributed by atoms with E-state index in [1.54, 1.807) is 6.92 Å². The van der Waals surface area contributed by atoms with Crippen molar-refractivity contribution >= 4 is 17.8 Å². The minimum absolute atomic E-state index is 0.00793. The van der Waals surface area contributed by atoms with E-state index < -0.39 is 6.04 Å². The zero-order chi connectivity index (χ0) is 20.6. The number of urea groups is 1. The van der Waals surface area contributed by atoms with Gasteiger partial charge in [0.15, 0.2) is 5.82 Å². The highest BCUT2D eigenvalue weighted by Crippen LogP contribution is 2.17. The SMILES string of the molecule is Cc1ccc(N2CCCC(NC(=O)NC(C)C(=O)NCc3ccccc3)C2)nn1. The van der Waals surface area contributed by atoms with Crippen molar-refractivity contribution < 1.29 is 9.59 Å². The summed E-state index contributed by atoms with van der Waals surface area (Å²) in [5, 5.41) is 16.9. The number of hydrogen-bond acceptors (Lipinski definition) is 5. The summed E-state index contributed by atoms with van der Waals surface area (Å²) >= 11 is 0. The number of hydrogen-bond donors (Lipinski definition) is 3. The van der Waals surface area contributed by atoms with Crippen molar-refractivity contribution in [1.29, 1.82) is 0 Å². The summed E-state index contributed by atoms with van der Waals surface area (Å²) in [7, 11) is 0. The van der Waals surface area contributed by atoms with Crippen LogP contribution in [0.1, 0.15) is 31.0 Å². The first-order chi connectivity index (χ1) is 14.0. The highest BCUT2D eigenvalue weighted by atomic mass is 16.2. The predicted molar refractivity (Wildman–Crippen MR) is 111 cm³/mol. The first-order valence-corrected chi connectivity index (χ1v) is 9.95. The quantitative estimate of drug-likeness (QED) is 0.691. The van der Waals surface area contributed by atoms with Crippen LogP contribution in [0.5, 0.6) is 0 Å². The van der Waals surface area contributed by atoms with Crippen molar-refractivity contribution in [3.63, 3.8) is 0 Å². The molecule has 3 N–H and O–H groups in total. The van der Waals surface area contributed by atoms with Gasteiger partial charge in [0.25, 0.3) is 0 Å². The van der Waals surface area contributed by atoms with E-state index in [2.05, 4.69) is 31.0 Å². The number of carbonyl (C=O) groups excluding carboxylic acids is 2. The fraction of sp³-hybridized carbons (Fsp3) is 0.429. The second-order valence-electron chi connectivity index (χ2n) is 7.36. The Morgan fingerprint density at radius 1 is 1.17 bits per heavy atom. The summed E-state index contributed by atoms with van der Waals surface area (Å²) in [6.07, 6.45) is 1.84. The van der Waals surface area contributed by atoms with Crippen LogP contribution in [-0.4, -0.2) is 47.3 Å². The fourth-order valence-corrected chi connectivity index (χ4v) is 3.29. The zero-order valence-electron chi connectivity index (χ0n) is 16.9. The second-order valence-corrected chi connectivity index (χ2v) is 7.36. The molecule has 3 amide bonds. The molecule has 1 aliphatic rings. The van der Waals surface area contributed by atoms with Crippen molar-refractivity contribution in [1.82, 2.24) is 26.1 Å². The number of benzene rings is 1. The molecule has 0 aliphatic carbocycles. The van der Waals surface area contributed by atoms with Gasteiger partial charge < -0.3 is 20.9 Å². The molecular formula is C21H28N6O2. The topological polar surface area (TPSA) is 99.2 Å². The average Bonchev–Trinajstić information content (AvgIpc) is 2.73. The number of nitrogens with zero attached hydrogens (tertiary/aromatic N) is 3. The van der Waals surface area contributed by atoms with E-state index in [0.29, 0.717) is 13.1 Å². The summed E-state index contributed by atoms with van der Waals surface area (Å²) in [5.74, 6) is 0.598. The molecule has 1 aromatic heterocycles. The Morgan fingerprint density at radius 3 is 2.69 bits per heavy atom. The van der Waals surface area contributed by atoms with E-state index in [0.717, 1.165) is 36.5 Å². The van der Waals surface area contributed by atoms with E-state index in [4.69, 9.17) is 0 Å². The first kappa shape index (κ1) is 20.6. The van der Waals surface area contributed by atoms with Gasteiger partial charge in [0.05, 0.1) is 5.69 Å². The molecule has 1 aromatic carbocycles. The van der Waals surface area contributed by atoms with Gasteiger partial charge >= 0.3 is 6.03 Å². The Hall–Kier alpha value is -3.16. The Bertz CT molecular complexity index is 812. The molecule has 154 valence electrons. The van der Waals surface area contributed by atoms with Gasteiger partial charge in [0.1, 0.15) is 6.04 Å². The fourth-order valence-electron chi connectivity index (χ4n) is 3.29. The third-order valence-corrected chi connectivity index (χ3v) is 4.91. The highest BCUT2D eigenvalue weighted by molar-refractivity contribution is 5.86. The molecule has 2 atom stereocenters. The Balaban J connectivity index is 1.44. The molecule has 0 spiro atoms. The maximum absolute atomic E-state index is 12.3. The minimum atomic E-state index is -0.624. The van der Waals surface area contributed by atoms with Gasteiger partial charge in [-0.3, -0.25) is 4.79 Å². The minimum Gasteiger partial charge on any atom is -0.353 e. The van der Waals surface area contributed by atoms with Crippen LogP contribution in [0.2, 0.25) is 0 Å². The number of carbonyl (C=O) groups is 2. The Labute approximate surface area is 171 Å². The molecule has 3 rings (SSSR count). The van der Waals surface area contributed by atoms with Crippen molar-refractivity contribution in [2.45, 2.75) is 45.3 Å². The number of anilines is 1. The molecule has 29 heavy (non-hydrogen) atoms. The van der Waals surface area contributed by atoms with Crippen LogP contribution in [-0.2, 0) is 11.3 Å². The van der Waals surface area contributed by atoms with Crippen molar-refractivity contribution in [3.8, 4) is 0 Å². The summed E-state index contributed by atoms with van der Waals surface area (Å²) < 4.78 is 0.